The Morgan fingerprint density at radius 3 is 2.47 bits per heavy atom. The summed E-state index contributed by atoms with van der Waals surface area (Å²) in [5.41, 5.74) is -0.418. The minimum absolute atomic E-state index is 0.116. The summed E-state index contributed by atoms with van der Waals surface area (Å²) in [5.74, 6) is -1.03. The molecule has 0 spiro atoms. The van der Waals surface area contributed by atoms with Gasteiger partial charge in [0.25, 0.3) is 11.5 Å². The van der Waals surface area contributed by atoms with Crippen molar-refractivity contribution in [3.05, 3.63) is 44.6 Å². The minimum Gasteiger partial charge on any atom is -0.466 e. The van der Waals surface area contributed by atoms with Crippen molar-refractivity contribution in [2.75, 3.05) is 33.3 Å². The van der Waals surface area contributed by atoms with E-state index < -0.39 is 17.2 Å². The van der Waals surface area contributed by atoms with Gasteiger partial charge in [0.2, 0.25) is 5.91 Å². The number of carbonyl (C=O) groups excluding carboxylic acids is 3. The molecule has 1 saturated heterocycles. The fourth-order valence-electron chi connectivity index (χ4n) is 3.89. The third kappa shape index (κ3) is 4.74. The number of likely N-dealkylation sites (tertiary alicyclic amines) is 1. The summed E-state index contributed by atoms with van der Waals surface area (Å²) in [5, 5.41) is 0.311. The normalized spacial score (nSPS) is 14.4. The van der Waals surface area contributed by atoms with E-state index in [1.807, 2.05) is 0 Å². The van der Waals surface area contributed by atoms with Crippen LogP contribution in [0.4, 0.5) is 0 Å². The Bertz CT molecular complexity index is 1140. The van der Waals surface area contributed by atoms with E-state index in [1.165, 1.54) is 30.1 Å². The topological polar surface area (TPSA) is 122 Å². The summed E-state index contributed by atoms with van der Waals surface area (Å²) in [6.45, 7) is 4.80. The van der Waals surface area contributed by atoms with Gasteiger partial charge in [-0.25, -0.2) is 4.79 Å². The Balaban J connectivity index is 1.66. The molecular weight excluding hydrogens is 416 g/mol. The van der Waals surface area contributed by atoms with Crippen LogP contribution in [0, 0.1) is 5.92 Å². The molecule has 1 N–H and O–H groups in total. The third-order valence-electron chi connectivity index (χ3n) is 5.73. The molecule has 0 unspecified atom stereocenters. The summed E-state index contributed by atoms with van der Waals surface area (Å²) >= 11 is 0. The first-order valence-electron chi connectivity index (χ1n) is 10.7. The maximum Gasteiger partial charge on any atom is 0.328 e. The van der Waals surface area contributed by atoms with Crippen molar-refractivity contribution in [1.29, 1.82) is 0 Å². The number of H-pyrrole nitrogens is 1. The molecule has 2 heterocycles. The third-order valence-corrected chi connectivity index (χ3v) is 5.73. The molecule has 1 aliphatic heterocycles. The zero-order chi connectivity index (χ0) is 23.4. The number of amides is 2. The number of ether oxygens (including phenoxy) is 1. The zero-order valence-electron chi connectivity index (χ0n) is 18.6. The lowest BCUT2D eigenvalue weighted by Gasteiger charge is -2.32. The highest BCUT2D eigenvalue weighted by atomic mass is 16.5. The van der Waals surface area contributed by atoms with Gasteiger partial charge in [0.15, 0.2) is 0 Å². The number of fused-ring (bicyclic) bond motifs is 1. The van der Waals surface area contributed by atoms with E-state index in [2.05, 4.69) is 4.98 Å². The van der Waals surface area contributed by atoms with Gasteiger partial charge in [0, 0.05) is 32.2 Å². The molecule has 0 radical (unpaired) electrons. The molecule has 1 aliphatic rings. The molecule has 0 bridgehead atoms. The quantitative estimate of drug-likeness (QED) is 0.651. The van der Waals surface area contributed by atoms with E-state index in [-0.39, 0.29) is 42.0 Å². The molecule has 3 rings (SSSR count). The molecule has 2 amide bonds. The molecule has 1 aromatic heterocycles. The second-order valence-electron chi connectivity index (χ2n) is 7.81. The number of esters is 1. The fourth-order valence-corrected chi connectivity index (χ4v) is 3.89. The second-order valence-corrected chi connectivity index (χ2v) is 7.81. The van der Waals surface area contributed by atoms with Crippen LogP contribution in [0.15, 0.2) is 27.8 Å². The number of aromatic amines is 1. The van der Waals surface area contributed by atoms with Crippen LogP contribution in [-0.2, 0) is 20.9 Å². The first-order chi connectivity index (χ1) is 15.3. The van der Waals surface area contributed by atoms with Crippen LogP contribution in [0.2, 0.25) is 0 Å². The van der Waals surface area contributed by atoms with Crippen molar-refractivity contribution in [3.63, 3.8) is 0 Å². The monoisotopic (exact) mass is 444 g/mol. The van der Waals surface area contributed by atoms with Crippen LogP contribution < -0.4 is 11.2 Å². The van der Waals surface area contributed by atoms with E-state index in [1.54, 1.807) is 18.7 Å². The number of hydrogen-bond acceptors (Lipinski definition) is 6. The molecule has 1 aromatic carbocycles. The number of carbonyl (C=O) groups is 3. The number of likely N-dealkylation sites (N-methyl/N-ethyl adjacent to an activating group) is 1. The SMILES string of the molecule is CCOC(=O)C1CCN(C(=O)CN(C)C(=O)c2ccc3c(=O)n(CC)c(=O)[nH]c3c2)CC1. The number of hydrogen-bond donors (Lipinski definition) is 1. The van der Waals surface area contributed by atoms with Gasteiger partial charge < -0.3 is 19.5 Å². The van der Waals surface area contributed by atoms with Crippen molar-refractivity contribution in [1.82, 2.24) is 19.4 Å². The summed E-state index contributed by atoms with van der Waals surface area (Å²) in [6.07, 6.45) is 1.07. The van der Waals surface area contributed by atoms with Gasteiger partial charge in [-0.2, -0.15) is 0 Å². The van der Waals surface area contributed by atoms with E-state index in [4.69, 9.17) is 4.74 Å². The van der Waals surface area contributed by atoms with Gasteiger partial charge in [-0.05, 0) is 44.9 Å². The number of aromatic nitrogens is 2. The average Bonchev–Trinajstić information content (AvgIpc) is 2.78. The van der Waals surface area contributed by atoms with Gasteiger partial charge in [-0.15, -0.1) is 0 Å². The molecule has 2 aromatic rings. The molecule has 172 valence electrons. The predicted octanol–water partition coefficient (Wildman–Crippen LogP) is 0.583. The minimum atomic E-state index is -0.538. The van der Waals surface area contributed by atoms with Crippen molar-refractivity contribution in [3.8, 4) is 0 Å². The zero-order valence-corrected chi connectivity index (χ0v) is 18.6. The van der Waals surface area contributed by atoms with E-state index >= 15 is 0 Å². The molecular formula is C22H28N4O6. The summed E-state index contributed by atoms with van der Waals surface area (Å²) in [6, 6.07) is 4.46. The number of piperidine rings is 1. The predicted molar refractivity (Wildman–Crippen MR) is 117 cm³/mol. The maximum atomic E-state index is 12.8. The number of rotatable bonds is 6. The molecule has 0 aliphatic carbocycles. The fraction of sp³-hybridized carbons (Fsp3) is 0.500. The standard InChI is InChI=1S/C22H28N4O6/c1-4-26-20(29)16-7-6-15(12-17(16)23-22(26)31)19(28)24(3)13-18(27)25-10-8-14(9-11-25)21(30)32-5-2/h6-7,12,14H,4-5,8-11,13H2,1-3H3,(H,23,31). The lowest BCUT2D eigenvalue weighted by molar-refractivity contribution is -0.151. The van der Waals surface area contributed by atoms with E-state index in [0.717, 1.165) is 4.57 Å². The van der Waals surface area contributed by atoms with Gasteiger partial charge in [-0.3, -0.25) is 23.7 Å². The number of nitrogens with one attached hydrogen (secondary N) is 1. The molecule has 0 atom stereocenters. The first-order valence-corrected chi connectivity index (χ1v) is 10.7. The van der Waals surface area contributed by atoms with E-state index in [9.17, 15) is 24.0 Å². The molecule has 10 nitrogen and oxygen atoms in total. The highest BCUT2D eigenvalue weighted by Crippen LogP contribution is 2.19. The lowest BCUT2D eigenvalue weighted by atomic mass is 9.97. The van der Waals surface area contributed by atoms with E-state index in [0.29, 0.717) is 37.9 Å². The highest BCUT2D eigenvalue weighted by molar-refractivity contribution is 5.99. The van der Waals surface area contributed by atoms with Crippen molar-refractivity contribution >= 4 is 28.7 Å². The van der Waals surface area contributed by atoms with Gasteiger partial charge >= 0.3 is 11.7 Å². The molecule has 32 heavy (non-hydrogen) atoms. The van der Waals surface area contributed by atoms with Crippen LogP contribution in [-0.4, -0.2) is 70.4 Å². The Kier molecular flexibility index (Phi) is 7.12. The van der Waals surface area contributed by atoms with Crippen LogP contribution in [0.5, 0.6) is 0 Å². The summed E-state index contributed by atoms with van der Waals surface area (Å²) in [7, 11) is 1.52. The average molecular weight is 444 g/mol. The largest absolute Gasteiger partial charge is 0.466 e. The lowest BCUT2D eigenvalue weighted by Crippen LogP contribution is -2.45. The number of benzene rings is 1. The number of nitrogens with zero attached hydrogens (tertiary/aromatic N) is 3. The van der Waals surface area contributed by atoms with Crippen molar-refractivity contribution < 1.29 is 19.1 Å². The Hall–Kier alpha value is -3.43. The highest BCUT2D eigenvalue weighted by Gasteiger charge is 2.29. The van der Waals surface area contributed by atoms with Crippen LogP contribution in [0.3, 0.4) is 0 Å². The molecule has 10 heteroatoms. The smallest absolute Gasteiger partial charge is 0.328 e. The van der Waals surface area contributed by atoms with Gasteiger partial charge in [0.1, 0.15) is 0 Å². The Morgan fingerprint density at radius 2 is 1.84 bits per heavy atom. The summed E-state index contributed by atoms with van der Waals surface area (Å²) in [4.78, 5) is 67.3. The van der Waals surface area contributed by atoms with Crippen LogP contribution in [0.1, 0.15) is 37.0 Å². The van der Waals surface area contributed by atoms with Gasteiger partial charge in [0.05, 0.1) is 30.0 Å². The van der Waals surface area contributed by atoms with Crippen LogP contribution in [0.25, 0.3) is 10.9 Å². The Labute approximate surface area is 184 Å². The maximum absolute atomic E-state index is 12.8. The van der Waals surface area contributed by atoms with Crippen molar-refractivity contribution in [2.24, 2.45) is 5.92 Å². The summed E-state index contributed by atoms with van der Waals surface area (Å²) < 4.78 is 6.13. The molecule has 0 saturated carbocycles. The van der Waals surface area contributed by atoms with Crippen LogP contribution >= 0.6 is 0 Å². The second kappa shape index (κ2) is 9.80. The van der Waals surface area contributed by atoms with Crippen molar-refractivity contribution in [2.45, 2.75) is 33.2 Å². The van der Waals surface area contributed by atoms with Gasteiger partial charge in [-0.1, -0.05) is 0 Å². The Morgan fingerprint density at radius 1 is 1.16 bits per heavy atom. The molecule has 1 fully saturated rings. The first kappa shape index (κ1) is 23.2.